The van der Waals surface area contributed by atoms with Crippen LogP contribution >= 0.6 is 0 Å². The molecule has 0 rings (SSSR count). The largest absolute Gasteiger partial charge is 0.0748 e. The molecule has 0 saturated heterocycles. The van der Waals surface area contributed by atoms with Gasteiger partial charge in [-0.1, -0.05) is 38.3 Å². The summed E-state index contributed by atoms with van der Waals surface area (Å²) in [5.41, 5.74) is 0. The van der Waals surface area contributed by atoms with E-state index in [0.717, 1.165) is 0 Å². The van der Waals surface area contributed by atoms with Gasteiger partial charge in [0.2, 0.25) is 0 Å². The van der Waals surface area contributed by atoms with E-state index in [2.05, 4.69) is 26.2 Å². The summed E-state index contributed by atoms with van der Waals surface area (Å²) in [5.74, 6) is 0. The summed E-state index contributed by atoms with van der Waals surface area (Å²) < 4.78 is 0. The highest BCUT2D eigenvalue weighted by Gasteiger charge is 2.10. The first-order valence-electron chi connectivity index (χ1n) is 3.56. The van der Waals surface area contributed by atoms with Crippen molar-refractivity contribution in [2.75, 3.05) is 0 Å². The van der Waals surface area contributed by atoms with Gasteiger partial charge in [-0.3, -0.25) is 0 Å². The molecule has 50 valence electrons. The van der Waals surface area contributed by atoms with Gasteiger partial charge in [0.15, 0.2) is 0 Å². The van der Waals surface area contributed by atoms with Crippen molar-refractivity contribution in [2.24, 2.45) is 0 Å². The van der Waals surface area contributed by atoms with Crippen molar-refractivity contribution in [1.82, 2.24) is 0 Å². The molecule has 0 fully saturated rings. The highest BCUT2D eigenvalue weighted by Crippen LogP contribution is 2.10. The fraction of sp³-hybridized carbons (Fsp3) is 1.00. The standard InChI is InChI=1S/C6H18Si2/c1-7-5-6-8(2,3)4/h5-7H2,1-4H3. The fourth-order valence-electron chi connectivity index (χ4n) is 0.707. The van der Waals surface area contributed by atoms with Crippen LogP contribution in [-0.2, 0) is 0 Å². The lowest BCUT2D eigenvalue weighted by molar-refractivity contribution is 1.33. The van der Waals surface area contributed by atoms with Crippen molar-refractivity contribution < 1.29 is 0 Å². The van der Waals surface area contributed by atoms with E-state index in [0.29, 0.717) is 9.52 Å². The van der Waals surface area contributed by atoms with Crippen molar-refractivity contribution in [1.29, 1.82) is 0 Å². The number of rotatable bonds is 3. The van der Waals surface area contributed by atoms with E-state index in [1.54, 1.807) is 12.1 Å². The predicted molar refractivity (Wildman–Crippen MR) is 47.4 cm³/mol. The Morgan fingerprint density at radius 2 is 1.75 bits per heavy atom. The molecule has 0 amide bonds. The lowest BCUT2D eigenvalue weighted by Crippen LogP contribution is -2.18. The maximum atomic E-state index is 2.46. The van der Waals surface area contributed by atoms with Crippen LogP contribution in [0.5, 0.6) is 0 Å². The van der Waals surface area contributed by atoms with Gasteiger partial charge in [-0.2, -0.15) is 0 Å². The molecule has 0 aliphatic heterocycles. The maximum absolute atomic E-state index is 2.46. The molecule has 0 unspecified atom stereocenters. The van der Waals surface area contributed by atoms with Crippen LogP contribution in [0.1, 0.15) is 0 Å². The van der Waals surface area contributed by atoms with Gasteiger partial charge in [0.05, 0.1) is 0 Å². The Bertz CT molecular complexity index is 54.0. The molecule has 0 bridgehead atoms. The van der Waals surface area contributed by atoms with Gasteiger partial charge in [-0.15, -0.1) is 0 Å². The van der Waals surface area contributed by atoms with Gasteiger partial charge < -0.3 is 0 Å². The second-order valence-corrected chi connectivity index (χ2v) is 11.0. The van der Waals surface area contributed by atoms with Gasteiger partial charge in [0, 0.05) is 17.6 Å². The van der Waals surface area contributed by atoms with Crippen LogP contribution in [0.2, 0.25) is 38.3 Å². The monoisotopic (exact) mass is 146 g/mol. The SMILES string of the molecule is C[SiH2]CC[Si](C)(C)C. The third kappa shape index (κ3) is 6.43. The number of hydrogen-bond donors (Lipinski definition) is 0. The molecule has 0 radical (unpaired) electrons. The zero-order valence-corrected chi connectivity index (χ0v) is 9.04. The molecule has 0 saturated carbocycles. The summed E-state index contributed by atoms with van der Waals surface area (Å²) in [6.45, 7) is 9.77. The molecule has 0 aromatic heterocycles. The van der Waals surface area contributed by atoms with E-state index in [1.165, 1.54) is 0 Å². The first-order valence-corrected chi connectivity index (χ1v) is 9.68. The van der Waals surface area contributed by atoms with E-state index in [9.17, 15) is 0 Å². The third-order valence-electron chi connectivity index (χ3n) is 1.28. The van der Waals surface area contributed by atoms with Crippen LogP contribution in [0.15, 0.2) is 0 Å². The van der Waals surface area contributed by atoms with Crippen LogP contribution in [0.4, 0.5) is 0 Å². The van der Waals surface area contributed by atoms with Crippen molar-refractivity contribution in [3.63, 3.8) is 0 Å². The third-order valence-corrected chi connectivity index (χ3v) is 4.90. The summed E-state index contributed by atoms with van der Waals surface area (Å²) >= 11 is 0. The molecular weight excluding hydrogens is 128 g/mol. The van der Waals surface area contributed by atoms with E-state index < -0.39 is 8.07 Å². The summed E-state index contributed by atoms with van der Waals surface area (Å²) in [4.78, 5) is 0. The first kappa shape index (κ1) is 8.43. The Kier molecular flexibility index (Phi) is 3.65. The molecule has 0 atom stereocenters. The Balaban J connectivity index is 3.11. The number of hydrogen-bond acceptors (Lipinski definition) is 0. The van der Waals surface area contributed by atoms with E-state index in [1.807, 2.05) is 0 Å². The molecule has 0 aliphatic carbocycles. The van der Waals surface area contributed by atoms with Gasteiger partial charge in [0.25, 0.3) is 0 Å². The molecule has 0 aliphatic rings. The Morgan fingerprint density at radius 3 is 1.88 bits per heavy atom. The van der Waals surface area contributed by atoms with Gasteiger partial charge in [0.1, 0.15) is 0 Å². The zero-order valence-electron chi connectivity index (χ0n) is 6.62. The van der Waals surface area contributed by atoms with Gasteiger partial charge in [-0.05, 0) is 0 Å². The average Bonchev–Trinajstić information content (AvgIpc) is 1.59. The van der Waals surface area contributed by atoms with Crippen LogP contribution in [0, 0.1) is 0 Å². The Hall–Kier alpha value is 0.434. The minimum Gasteiger partial charge on any atom is -0.0748 e. The van der Waals surface area contributed by atoms with Crippen LogP contribution in [0.25, 0.3) is 0 Å². The molecule has 0 aromatic rings. The van der Waals surface area contributed by atoms with Crippen molar-refractivity contribution in [3.8, 4) is 0 Å². The molecule has 2 heteroatoms. The van der Waals surface area contributed by atoms with Crippen molar-refractivity contribution in [2.45, 2.75) is 38.3 Å². The lowest BCUT2D eigenvalue weighted by atomic mass is 10.9. The molecule has 0 nitrogen and oxygen atoms in total. The maximum Gasteiger partial charge on any atom is 0.0439 e. The average molecular weight is 146 g/mol. The minimum atomic E-state index is -0.643. The highest BCUT2D eigenvalue weighted by molar-refractivity contribution is 6.76. The highest BCUT2D eigenvalue weighted by atomic mass is 28.3. The Morgan fingerprint density at radius 1 is 1.25 bits per heavy atom. The van der Waals surface area contributed by atoms with Crippen LogP contribution in [-0.4, -0.2) is 17.6 Å². The summed E-state index contributed by atoms with van der Waals surface area (Å²) in [7, 11) is -0.275. The molecule has 0 heterocycles. The molecule has 0 N–H and O–H groups in total. The molecule has 0 aromatic carbocycles. The first-order chi connectivity index (χ1) is 3.56. The normalized spacial score (nSPS) is 13.5. The fourth-order valence-corrected chi connectivity index (χ4v) is 6.36. The quantitative estimate of drug-likeness (QED) is 0.534. The molecule has 8 heavy (non-hydrogen) atoms. The Labute approximate surface area is 56.5 Å². The predicted octanol–water partition coefficient (Wildman–Crippen LogP) is 1.96. The van der Waals surface area contributed by atoms with Crippen molar-refractivity contribution >= 4 is 17.6 Å². The van der Waals surface area contributed by atoms with Crippen molar-refractivity contribution in [3.05, 3.63) is 0 Å². The van der Waals surface area contributed by atoms with E-state index >= 15 is 0 Å². The summed E-state index contributed by atoms with van der Waals surface area (Å²) in [5, 5.41) is 0. The lowest BCUT2D eigenvalue weighted by Gasteiger charge is -2.13. The van der Waals surface area contributed by atoms with E-state index in [-0.39, 0.29) is 0 Å². The molecular formula is C6H18Si2. The smallest absolute Gasteiger partial charge is 0.0439 e. The van der Waals surface area contributed by atoms with Crippen LogP contribution in [0.3, 0.4) is 0 Å². The molecule has 0 spiro atoms. The van der Waals surface area contributed by atoms with Gasteiger partial charge in [-0.25, -0.2) is 0 Å². The minimum absolute atomic E-state index is 0.369. The second kappa shape index (κ2) is 3.46. The zero-order chi connectivity index (χ0) is 6.62. The topological polar surface area (TPSA) is 0 Å². The summed E-state index contributed by atoms with van der Waals surface area (Å²) in [6.07, 6.45) is 0. The van der Waals surface area contributed by atoms with E-state index in [4.69, 9.17) is 0 Å². The second-order valence-electron chi connectivity index (χ2n) is 3.66. The van der Waals surface area contributed by atoms with Gasteiger partial charge >= 0.3 is 0 Å². The summed E-state index contributed by atoms with van der Waals surface area (Å²) in [6, 6.07) is 3.14. The van der Waals surface area contributed by atoms with Crippen LogP contribution < -0.4 is 0 Å².